The fraction of sp³-hybridized carbons (Fsp3) is 0.375. The number of piperidine rings is 1. The van der Waals surface area contributed by atoms with Crippen LogP contribution in [-0.4, -0.2) is 49.7 Å². The minimum atomic E-state index is 0.0239. The Morgan fingerprint density at radius 2 is 1.71 bits per heavy atom. The number of ether oxygens (including phenoxy) is 1. The van der Waals surface area contributed by atoms with Gasteiger partial charge in [-0.25, -0.2) is 0 Å². The minimum Gasteiger partial charge on any atom is -0.368 e. The summed E-state index contributed by atoms with van der Waals surface area (Å²) >= 11 is 0. The van der Waals surface area contributed by atoms with E-state index in [9.17, 15) is 4.79 Å². The first-order valence-corrected chi connectivity index (χ1v) is 10.1. The van der Waals surface area contributed by atoms with Gasteiger partial charge in [-0.1, -0.05) is 54.6 Å². The van der Waals surface area contributed by atoms with E-state index in [1.165, 1.54) is 5.56 Å². The molecule has 0 aliphatic carbocycles. The number of hydrogen-bond donors (Lipinski definition) is 0. The lowest BCUT2D eigenvalue weighted by molar-refractivity contribution is -0.123. The highest BCUT2D eigenvalue weighted by atomic mass is 16.5. The zero-order chi connectivity index (χ0) is 19.6. The van der Waals surface area contributed by atoms with E-state index in [0.29, 0.717) is 6.61 Å². The molecule has 2 aromatic carbocycles. The second-order valence-electron chi connectivity index (χ2n) is 7.21. The van der Waals surface area contributed by atoms with E-state index in [0.717, 1.165) is 44.6 Å². The van der Waals surface area contributed by atoms with Crippen molar-refractivity contribution in [2.45, 2.75) is 25.3 Å². The van der Waals surface area contributed by atoms with Crippen LogP contribution in [0.4, 0.5) is 5.69 Å². The second-order valence-corrected chi connectivity index (χ2v) is 7.21. The van der Waals surface area contributed by atoms with Crippen LogP contribution < -0.4 is 4.90 Å². The average molecular weight is 379 g/mol. The second kappa shape index (κ2) is 10.8. The Morgan fingerprint density at radius 3 is 2.36 bits per heavy atom. The third-order valence-electron chi connectivity index (χ3n) is 5.25. The van der Waals surface area contributed by atoms with Crippen molar-refractivity contribution < 1.29 is 9.53 Å². The number of carbonyl (C=O) groups excluding carboxylic acids is 1. The Labute approximate surface area is 168 Å². The first-order valence-electron chi connectivity index (χ1n) is 10.1. The smallest absolute Gasteiger partial charge is 0.253 e. The molecule has 0 N–H and O–H groups in total. The lowest BCUT2D eigenvalue weighted by atomic mass is 10.0. The predicted molar refractivity (Wildman–Crippen MR) is 115 cm³/mol. The third kappa shape index (κ3) is 5.78. The number of para-hydroxylation sites is 1. The van der Waals surface area contributed by atoms with Crippen LogP contribution >= 0.6 is 0 Å². The van der Waals surface area contributed by atoms with Gasteiger partial charge >= 0.3 is 0 Å². The Hall–Kier alpha value is -2.43. The van der Waals surface area contributed by atoms with E-state index >= 15 is 0 Å². The molecule has 1 amide bonds. The Kier molecular flexibility index (Phi) is 7.82. The van der Waals surface area contributed by atoms with Crippen LogP contribution in [0.2, 0.25) is 0 Å². The maximum atomic E-state index is 12.9. The van der Waals surface area contributed by atoms with Crippen molar-refractivity contribution in [1.29, 1.82) is 0 Å². The molecule has 1 aliphatic heterocycles. The van der Waals surface area contributed by atoms with Gasteiger partial charge in [0, 0.05) is 31.4 Å². The van der Waals surface area contributed by atoms with Crippen molar-refractivity contribution in [1.82, 2.24) is 4.90 Å². The van der Waals surface area contributed by atoms with E-state index in [2.05, 4.69) is 41.8 Å². The van der Waals surface area contributed by atoms with E-state index in [1.54, 1.807) is 6.08 Å². The number of nitrogens with zero attached hydrogens (tertiary/aromatic N) is 2. The van der Waals surface area contributed by atoms with Gasteiger partial charge in [0.2, 0.25) is 0 Å². The lowest BCUT2D eigenvalue weighted by Crippen LogP contribution is -2.49. The summed E-state index contributed by atoms with van der Waals surface area (Å²) in [6.07, 6.45) is 4.71. The summed E-state index contributed by atoms with van der Waals surface area (Å²) in [7, 11) is 0. The summed E-state index contributed by atoms with van der Waals surface area (Å²) in [4.78, 5) is 17.3. The molecular formula is C24H30N2O2. The molecule has 1 saturated heterocycles. The molecular weight excluding hydrogens is 348 g/mol. The topological polar surface area (TPSA) is 32.8 Å². The van der Waals surface area contributed by atoms with Crippen molar-refractivity contribution in [2.24, 2.45) is 0 Å². The predicted octanol–water partition coefficient (Wildman–Crippen LogP) is 3.93. The van der Waals surface area contributed by atoms with Gasteiger partial charge in [0.05, 0.1) is 6.61 Å². The SMILES string of the molecule is C=CCOCC(=O)N(c1ccccc1)C1CCN(CCc2ccccc2)CC1. The Bertz CT molecular complexity index is 725. The van der Waals surface area contributed by atoms with Crippen molar-refractivity contribution in [3.8, 4) is 0 Å². The molecule has 148 valence electrons. The molecule has 0 saturated carbocycles. The normalized spacial score (nSPS) is 15.3. The fourth-order valence-electron chi connectivity index (χ4n) is 3.78. The van der Waals surface area contributed by atoms with Crippen molar-refractivity contribution in [3.63, 3.8) is 0 Å². The molecule has 3 rings (SSSR count). The molecule has 1 fully saturated rings. The summed E-state index contributed by atoms with van der Waals surface area (Å²) in [5.41, 5.74) is 2.34. The molecule has 0 bridgehead atoms. The number of carbonyl (C=O) groups is 1. The summed E-state index contributed by atoms with van der Waals surface area (Å²) < 4.78 is 5.43. The number of likely N-dealkylation sites (tertiary alicyclic amines) is 1. The molecule has 0 radical (unpaired) electrons. The standard InChI is InChI=1S/C24H30N2O2/c1-2-19-28-20-24(27)26(22-11-7-4-8-12-22)23-14-17-25(18-15-23)16-13-21-9-5-3-6-10-21/h2-12,23H,1,13-20H2. The largest absolute Gasteiger partial charge is 0.368 e. The van der Waals surface area contributed by atoms with E-state index < -0.39 is 0 Å². The van der Waals surface area contributed by atoms with Gasteiger partial charge < -0.3 is 14.5 Å². The van der Waals surface area contributed by atoms with Crippen LogP contribution in [0.1, 0.15) is 18.4 Å². The number of amides is 1. The Morgan fingerprint density at radius 1 is 1.07 bits per heavy atom. The van der Waals surface area contributed by atoms with Gasteiger partial charge in [0.25, 0.3) is 5.91 Å². The molecule has 28 heavy (non-hydrogen) atoms. The summed E-state index contributed by atoms with van der Waals surface area (Å²) in [6.45, 7) is 7.23. The van der Waals surface area contributed by atoms with Crippen LogP contribution in [0.3, 0.4) is 0 Å². The first kappa shape index (κ1) is 20.3. The third-order valence-corrected chi connectivity index (χ3v) is 5.25. The quantitative estimate of drug-likeness (QED) is 0.490. The number of benzene rings is 2. The van der Waals surface area contributed by atoms with Crippen molar-refractivity contribution >= 4 is 11.6 Å². The molecule has 4 heteroatoms. The summed E-state index contributed by atoms with van der Waals surface area (Å²) in [5.74, 6) is 0.0239. The minimum absolute atomic E-state index is 0.0239. The van der Waals surface area contributed by atoms with Gasteiger partial charge in [0.1, 0.15) is 6.61 Å². The highest BCUT2D eigenvalue weighted by Gasteiger charge is 2.29. The monoisotopic (exact) mass is 378 g/mol. The number of hydrogen-bond acceptors (Lipinski definition) is 3. The molecule has 1 aliphatic rings. The maximum Gasteiger partial charge on any atom is 0.253 e. The van der Waals surface area contributed by atoms with E-state index in [4.69, 9.17) is 4.74 Å². The van der Waals surface area contributed by atoms with Crippen LogP contribution in [0, 0.1) is 0 Å². The van der Waals surface area contributed by atoms with Crippen molar-refractivity contribution in [3.05, 3.63) is 78.9 Å². The zero-order valence-electron chi connectivity index (χ0n) is 16.5. The van der Waals surface area contributed by atoms with Crippen molar-refractivity contribution in [2.75, 3.05) is 37.7 Å². The van der Waals surface area contributed by atoms with Gasteiger partial charge in [-0.05, 0) is 37.0 Å². The lowest BCUT2D eigenvalue weighted by Gasteiger charge is -2.38. The van der Waals surface area contributed by atoms with Gasteiger partial charge in [-0.3, -0.25) is 4.79 Å². The molecule has 0 atom stereocenters. The summed E-state index contributed by atoms with van der Waals surface area (Å²) in [5, 5.41) is 0. The van der Waals surface area contributed by atoms with Crippen LogP contribution in [0.15, 0.2) is 73.3 Å². The molecule has 1 heterocycles. The average Bonchev–Trinajstić information content (AvgIpc) is 2.75. The number of anilines is 1. The summed E-state index contributed by atoms with van der Waals surface area (Å²) in [6, 6.07) is 20.8. The van der Waals surface area contributed by atoms with E-state index in [1.807, 2.05) is 35.2 Å². The molecule has 0 unspecified atom stereocenters. The molecule has 4 nitrogen and oxygen atoms in total. The Balaban J connectivity index is 1.57. The molecule has 0 spiro atoms. The molecule has 2 aromatic rings. The fourth-order valence-corrected chi connectivity index (χ4v) is 3.78. The molecule has 0 aromatic heterocycles. The van der Waals surface area contributed by atoms with Crippen LogP contribution in [0.5, 0.6) is 0 Å². The van der Waals surface area contributed by atoms with Gasteiger partial charge in [-0.2, -0.15) is 0 Å². The first-order chi connectivity index (χ1) is 13.8. The maximum absolute atomic E-state index is 12.9. The van der Waals surface area contributed by atoms with Crippen LogP contribution in [-0.2, 0) is 16.0 Å². The van der Waals surface area contributed by atoms with E-state index in [-0.39, 0.29) is 18.6 Å². The highest BCUT2D eigenvalue weighted by molar-refractivity contribution is 5.94. The van der Waals surface area contributed by atoms with Crippen LogP contribution in [0.25, 0.3) is 0 Å². The highest BCUT2D eigenvalue weighted by Crippen LogP contribution is 2.24. The van der Waals surface area contributed by atoms with Gasteiger partial charge in [-0.15, -0.1) is 6.58 Å². The number of rotatable bonds is 9. The van der Waals surface area contributed by atoms with Gasteiger partial charge in [0.15, 0.2) is 0 Å². The zero-order valence-corrected chi connectivity index (χ0v) is 16.5.